The first kappa shape index (κ1) is 22.7. The summed E-state index contributed by atoms with van der Waals surface area (Å²) in [5, 5.41) is 7.31. The predicted molar refractivity (Wildman–Crippen MR) is 132 cm³/mol. The molecule has 4 rings (SSSR count). The fourth-order valence-corrected chi connectivity index (χ4v) is 5.38. The molecule has 2 aromatic carbocycles. The molecule has 1 saturated heterocycles. The summed E-state index contributed by atoms with van der Waals surface area (Å²) in [6, 6.07) is 12.0. The minimum absolute atomic E-state index is 0.138. The molecule has 2 heterocycles. The Balaban J connectivity index is 1.61. The zero-order chi connectivity index (χ0) is 22.8. The monoisotopic (exact) mass is 488 g/mol. The van der Waals surface area contributed by atoms with E-state index in [9.17, 15) is 9.59 Å². The zero-order valence-corrected chi connectivity index (χ0v) is 19.9. The quantitative estimate of drug-likeness (QED) is 0.626. The molecule has 0 aromatic heterocycles. The normalized spacial score (nSPS) is 18.1. The second-order valence-corrected chi connectivity index (χ2v) is 9.38. The van der Waals surface area contributed by atoms with Crippen molar-refractivity contribution in [1.29, 1.82) is 0 Å². The van der Waals surface area contributed by atoms with Crippen LogP contribution in [0.2, 0.25) is 10.0 Å². The molecule has 0 spiro atoms. The third-order valence-corrected chi connectivity index (χ3v) is 7.01. The number of nitrogens with zero attached hydrogens (tertiary/aromatic N) is 2. The highest BCUT2D eigenvalue weighted by Crippen LogP contribution is 2.39. The van der Waals surface area contributed by atoms with Crippen molar-refractivity contribution in [3.8, 4) is 0 Å². The molecule has 9 heteroatoms. The van der Waals surface area contributed by atoms with Crippen molar-refractivity contribution in [1.82, 2.24) is 10.2 Å². The summed E-state index contributed by atoms with van der Waals surface area (Å²) >= 11 is 13.8. The summed E-state index contributed by atoms with van der Waals surface area (Å²) in [6.45, 7) is 2.71. The Bertz CT molecular complexity index is 1130. The van der Waals surface area contributed by atoms with Crippen molar-refractivity contribution in [2.45, 2.75) is 19.4 Å². The average Bonchev–Trinajstić information content (AvgIpc) is 2.78. The average molecular weight is 489 g/mol. The first-order chi connectivity index (χ1) is 15.4. The van der Waals surface area contributed by atoms with Crippen molar-refractivity contribution in [3.05, 3.63) is 74.9 Å². The molecule has 2 aliphatic heterocycles. The molecule has 1 fully saturated rings. The number of aliphatic imine (C=N–C) groups is 1. The van der Waals surface area contributed by atoms with Crippen molar-refractivity contribution < 1.29 is 9.59 Å². The maximum absolute atomic E-state index is 12.7. The maximum Gasteiger partial charge on any atom is 0.257 e. The van der Waals surface area contributed by atoms with Gasteiger partial charge in [0.15, 0.2) is 5.17 Å². The van der Waals surface area contributed by atoms with Crippen LogP contribution in [0.15, 0.2) is 58.7 Å². The van der Waals surface area contributed by atoms with E-state index in [1.165, 1.54) is 6.07 Å². The number of allylic oxidation sites excluding steroid dienone is 1. The van der Waals surface area contributed by atoms with Crippen LogP contribution in [0.3, 0.4) is 0 Å². The van der Waals surface area contributed by atoms with Crippen molar-refractivity contribution in [3.63, 3.8) is 0 Å². The predicted octanol–water partition coefficient (Wildman–Crippen LogP) is 5.12. The lowest BCUT2D eigenvalue weighted by Crippen LogP contribution is -2.43. The molecule has 1 atom stereocenters. The molecular formula is C23H22Cl2N4O2S. The van der Waals surface area contributed by atoms with Gasteiger partial charge in [-0.2, -0.15) is 0 Å². The Morgan fingerprint density at radius 2 is 1.88 bits per heavy atom. The zero-order valence-electron chi connectivity index (χ0n) is 17.6. The van der Waals surface area contributed by atoms with Gasteiger partial charge in [0, 0.05) is 30.1 Å². The largest absolute Gasteiger partial charge is 0.355 e. The molecule has 6 nitrogen and oxygen atoms in total. The highest BCUT2D eigenvalue weighted by atomic mass is 35.5. The fraction of sp³-hybridized carbons (Fsp3) is 0.261. The van der Waals surface area contributed by atoms with Crippen LogP contribution in [-0.4, -0.2) is 41.2 Å². The number of benzene rings is 2. The Morgan fingerprint density at radius 3 is 2.56 bits per heavy atom. The van der Waals surface area contributed by atoms with E-state index in [1.54, 1.807) is 30.9 Å². The van der Waals surface area contributed by atoms with Gasteiger partial charge in [-0.05, 0) is 49.2 Å². The number of hydrogen-bond donors (Lipinski definition) is 2. The number of anilines is 1. The van der Waals surface area contributed by atoms with Crippen molar-refractivity contribution in [2.75, 3.05) is 24.7 Å². The minimum atomic E-state index is -0.319. The number of hydrogen-bond acceptors (Lipinski definition) is 5. The van der Waals surface area contributed by atoms with Crippen LogP contribution in [0.5, 0.6) is 0 Å². The van der Waals surface area contributed by atoms with E-state index in [4.69, 9.17) is 23.2 Å². The Labute approximate surface area is 201 Å². The molecule has 0 saturated carbocycles. The first-order valence-corrected chi connectivity index (χ1v) is 11.9. The number of rotatable bonds is 4. The Kier molecular flexibility index (Phi) is 6.79. The smallest absolute Gasteiger partial charge is 0.257 e. The summed E-state index contributed by atoms with van der Waals surface area (Å²) in [4.78, 5) is 32.2. The molecule has 0 radical (unpaired) electrons. The number of halogens is 2. The van der Waals surface area contributed by atoms with Gasteiger partial charge in [-0.15, -0.1) is 0 Å². The Morgan fingerprint density at radius 1 is 1.12 bits per heavy atom. The fourth-order valence-electron chi connectivity index (χ4n) is 3.86. The molecule has 32 heavy (non-hydrogen) atoms. The van der Waals surface area contributed by atoms with Crippen LogP contribution in [-0.2, 0) is 4.79 Å². The number of fused-ring (bicyclic) bond motifs is 1. The molecular weight excluding hydrogens is 467 g/mol. The van der Waals surface area contributed by atoms with E-state index in [1.807, 2.05) is 31.2 Å². The van der Waals surface area contributed by atoms with Gasteiger partial charge in [-0.1, -0.05) is 47.1 Å². The number of carbonyl (C=O) groups is 2. The van der Waals surface area contributed by atoms with Gasteiger partial charge < -0.3 is 15.5 Å². The third-order valence-electron chi connectivity index (χ3n) is 5.39. The van der Waals surface area contributed by atoms with E-state index in [0.29, 0.717) is 26.9 Å². The van der Waals surface area contributed by atoms with E-state index >= 15 is 0 Å². The molecule has 1 unspecified atom stereocenters. The van der Waals surface area contributed by atoms with Gasteiger partial charge in [0.2, 0.25) is 0 Å². The van der Waals surface area contributed by atoms with Crippen LogP contribution in [0.4, 0.5) is 5.69 Å². The lowest BCUT2D eigenvalue weighted by atomic mass is 9.93. The summed E-state index contributed by atoms with van der Waals surface area (Å²) in [6.07, 6.45) is 1.02. The van der Waals surface area contributed by atoms with E-state index in [0.717, 1.165) is 35.1 Å². The molecule has 166 valence electrons. The molecule has 0 aliphatic carbocycles. The van der Waals surface area contributed by atoms with Crippen LogP contribution in [0, 0.1) is 0 Å². The van der Waals surface area contributed by atoms with E-state index < -0.39 is 0 Å². The highest BCUT2D eigenvalue weighted by Gasteiger charge is 2.36. The van der Waals surface area contributed by atoms with Gasteiger partial charge in [0.1, 0.15) is 0 Å². The molecule has 2 N–H and O–H groups in total. The van der Waals surface area contributed by atoms with Gasteiger partial charge in [0.25, 0.3) is 11.8 Å². The molecule has 2 amide bonds. The summed E-state index contributed by atoms with van der Waals surface area (Å²) in [5.74, 6) is 0.560. The summed E-state index contributed by atoms with van der Waals surface area (Å²) in [5.41, 5.74) is 3.30. The van der Waals surface area contributed by atoms with Gasteiger partial charge in [-0.3, -0.25) is 9.59 Å². The molecule has 0 bridgehead atoms. The van der Waals surface area contributed by atoms with Crippen LogP contribution < -0.4 is 10.6 Å². The lowest BCUT2D eigenvalue weighted by Gasteiger charge is -2.40. The van der Waals surface area contributed by atoms with E-state index in [-0.39, 0.29) is 17.9 Å². The Hall–Kier alpha value is -2.48. The van der Waals surface area contributed by atoms with Crippen LogP contribution in [0.25, 0.3) is 0 Å². The van der Waals surface area contributed by atoms with Gasteiger partial charge in [-0.25, -0.2) is 4.99 Å². The number of nitrogens with one attached hydrogen (secondary N) is 2. The second kappa shape index (κ2) is 9.57. The minimum Gasteiger partial charge on any atom is -0.355 e. The second-order valence-electron chi connectivity index (χ2n) is 7.47. The number of amidine groups is 1. The van der Waals surface area contributed by atoms with Crippen molar-refractivity contribution in [2.24, 2.45) is 4.99 Å². The maximum atomic E-state index is 12.7. The summed E-state index contributed by atoms with van der Waals surface area (Å²) < 4.78 is 0. The highest BCUT2D eigenvalue weighted by molar-refractivity contribution is 8.13. The number of amides is 2. The number of thioether (sulfide) groups is 1. The third kappa shape index (κ3) is 4.51. The lowest BCUT2D eigenvalue weighted by molar-refractivity contribution is -0.117. The van der Waals surface area contributed by atoms with E-state index in [2.05, 4.69) is 20.5 Å². The summed E-state index contributed by atoms with van der Waals surface area (Å²) in [7, 11) is 1.63. The van der Waals surface area contributed by atoms with Crippen LogP contribution >= 0.6 is 35.0 Å². The van der Waals surface area contributed by atoms with Gasteiger partial charge >= 0.3 is 0 Å². The number of likely N-dealkylation sites (N-methyl/N-ethyl adjacent to an activating group) is 1. The first-order valence-electron chi connectivity index (χ1n) is 10.2. The SMILES string of the molecule is CNC(=O)C1=C(C)N=C2SCCCN2C1c1ccc(NC(=O)c2ccc(Cl)cc2Cl)cc1. The van der Waals surface area contributed by atoms with Crippen molar-refractivity contribution >= 4 is 57.6 Å². The standard InChI is InChI=1S/C23H22Cl2N4O2S/c1-13-19(22(31)26-2)20(29-10-3-11-32-23(29)27-13)14-4-7-16(8-5-14)28-21(30)17-9-6-15(24)12-18(17)25/h4-9,12,20H,3,10-11H2,1-2H3,(H,26,31)(H,28,30). The molecule has 2 aliphatic rings. The number of carbonyl (C=O) groups excluding carboxylic acids is 2. The topological polar surface area (TPSA) is 73.8 Å². The van der Waals surface area contributed by atoms with Crippen LogP contribution in [0.1, 0.15) is 35.3 Å². The van der Waals surface area contributed by atoms with Gasteiger partial charge in [0.05, 0.1) is 27.9 Å². The molecule has 2 aromatic rings.